The summed E-state index contributed by atoms with van der Waals surface area (Å²) in [4.78, 5) is 14.6. The van der Waals surface area contributed by atoms with E-state index in [-0.39, 0.29) is 0 Å². The van der Waals surface area contributed by atoms with E-state index in [4.69, 9.17) is 0 Å². The standard InChI is InChI=1S/C7H5N4/c1-2-10-6(3-8-1)7-4-9-5-11-7/h1-2,4-5H,(H,9,11). The fraction of sp³-hybridized carbons (Fsp3) is 0. The Morgan fingerprint density at radius 1 is 1.27 bits per heavy atom. The number of H-pyrrole nitrogens is 1. The number of imidazole rings is 1. The lowest BCUT2D eigenvalue weighted by Gasteiger charge is -1.89. The second-order valence-electron chi connectivity index (χ2n) is 1.97. The van der Waals surface area contributed by atoms with Gasteiger partial charge in [-0.2, -0.15) is 0 Å². The van der Waals surface area contributed by atoms with Crippen LogP contribution in [0.2, 0.25) is 0 Å². The number of nitrogens with zero attached hydrogens (tertiary/aromatic N) is 3. The van der Waals surface area contributed by atoms with Gasteiger partial charge in [-0.25, -0.2) is 4.98 Å². The predicted octanol–water partition coefficient (Wildman–Crippen LogP) is 0.667. The minimum atomic E-state index is 0.661. The lowest BCUT2D eigenvalue weighted by Crippen LogP contribution is -1.83. The second kappa shape index (κ2) is 2.49. The summed E-state index contributed by atoms with van der Waals surface area (Å²) >= 11 is 0. The minimum Gasteiger partial charge on any atom is -0.351 e. The Labute approximate surface area is 63.4 Å². The predicted molar refractivity (Wildman–Crippen MR) is 38.4 cm³/mol. The van der Waals surface area contributed by atoms with Crippen LogP contribution in [0.5, 0.6) is 0 Å². The van der Waals surface area contributed by atoms with Gasteiger partial charge in [-0.3, -0.25) is 9.97 Å². The number of aromatic amines is 1. The SMILES string of the molecule is [c]1nccnc1-c1c[nH]cn1. The van der Waals surface area contributed by atoms with Crippen LogP contribution in [0.1, 0.15) is 0 Å². The van der Waals surface area contributed by atoms with Crippen LogP contribution >= 0.6 is 0 Å². The van der Waals surface area contributed by atoms with Crippen molar-refractivity contribution >= 4 is 0 Å². The Bertz CT molecular complexity index is 313. The molecular weight excluding hydrogens is 140 g/mol. The van der Waals surface area contributed by atoms with E-state index >= 15 is 0 Å². The summed E-state index contributed by atoms with van der Waals surface area (Å²) in [6, 6.07) is 0. The van der Waals surface area contributed by atoms with Crippen LogP contribution < -0.4 is 0 Å². The molecule has 4 nitrogen and oxygen atoms in total. The Morgan fingerprint density at radius 2 is 2.27 bits per heavy atom. The Kier molecular flexibility index (Phi) is 1.37. The summed E-state index contributed by atoms with van der Waals surface area (Å²) in [6.45, 7) is 0. The van der Waals surface area contributed by atoms with Crippen LogP contribution in [0.15, 0.2) is 24.9 Å². The van der Waals surface area contributed by atoms with Crippen molar-refractivity contribution in [3.8, 4) is 11.4 Å². The molecular formula is C7H5N4. The zero-order chi connectivity index (χ0) is 7.52. The van der Waals surface area contributed by atoms with Crippen LogP contribution in [0.3, 0.4) is 0 Å². The number of hydrogen-bond donors (Lipinski definition) is 1. The van der Waals surface area contributed by atoms with E-state index in [1.54, 1.807) is 24.9 Å². The number of rotatable bonds is 1. The van der Waals surface area contributed by atoms with E-state index in [0.29, 0.717) is 5.69 Å². The van der Waals surface area contributed by atoms with Gasteiger partial charge in [-0.15, -0.1) is 0 Å². The molecule has 0 fully saturated rings. The molecule has 11 heavy (non-hydrogen) atoms. The first-order valence-electron chi connectivity index (χ1n) is 3.14. The van der Waals surface area contributed by atoms with E-state index in [1.807, 2.05) is 0 Å². The summed E-state index contributed by atoms with van der Waals surface area (Å²) in [5.74, 6) is 0. The van der Waals surface area contributed by atoms with Crippen molar-refractivity contribution in [1.82, 2.24) is 19.9 Å². The van der Waals surface area contributed by atoms with Crippen molar-refractivity contribution in [2.24, 2.45) is 0 Å². The van der Waals surface area contributed by atoms with E-state index in [2.05, 4.69) is 26.1 Å². The van der Waals surface area contributed by atoms with Crippen molar-refractivity contribution in [2.45, 2.75) is 0 Å². The topological polar surface area (TPSA) is 54.5 Å². The lowest BCUT2D eigenvalue weighted by molar-refractivity contribution is 1.18. The molecule has 53 valence electrons. The first kappa shape index (κ1) is 6.03. The van der Waals surface area contributed by atoms with Crippen LogP contribution in [0.25, 0.3) is 11.4 Å². The highest BCUT2D eigenvalue weighted by atomic mass is 14.9. The fourth-order valence-electron chi connectivity index (χ4n) is 0.782. The van der Waals surface area contributed by atoms with Gasteiger partial charge in [-0.1, -0.05) is 0 Å². The molecule has 0 bridgehead atoms. The van der Waals surface area contributed by atoms with Crippen molar-refractivity contribution in [1.29, 1.82) is 0 Å². The quantitative estimate of drug-likeness (QED) is 0.641. The minimum absolute atomic E-state index is 0.661. The maximum Gasteiger partial charge on any atom is 0.119 e. The third-order valence-electron chi connectivity index (χ3n) is 1.26. The largest absolute Gasteiger partial charge is 0.351 e. The molecule has 0 spiro atoms. The van der Waals surface area contributed by atoms with Gasteiger partial charge in [0.1, 0.15) is 17.6 Å². The molecule has 0 aliphatic carbocycles. The molecule has 2 rings (SSSR count). The Balaban J connectivity index is 2.46. The molecule has 0 unspecified atom stereocenters. The van der Waals surface area contributed by atoms with Gasteiger partial charge in [0.25, 0.3) is 0 Å². The molecule has 0 aliphatic rings. The smallest absolute Gasteiger partial charge is 0.119 e. The molecule has 2 aromatic rings. The van der Waals surface area contributed by atoms with Crippen molar-refractivity contribution in [3.63, 3.8) is 0 Å². The monoisotopic (exact) mass is 145 g/mol. The number of hydrogen-bond acceptors (Lipinski definition) is 3. The van der Waals surface area contributed by atoms with E-state index in [9.17, 15) is 0 Å². The first-order chi connectivity index (χ1) is 5.47. The normalized spacial score (nSPS) is 9.82. The van der Waals surface area contributed by atoms with E-state index in [1.165, 1.54) is 0 Å². The van der Waals surface area contributed by atoms with Gasteiger partial charge in [-0.05, 0) is 0 Å². The van der Waals surface area contributed by atoms with Gasteiger partial charge >= 0.3 is 0 Å². The van der Waals surface area contributed by atoms with Gasteiger partial charge in [0.15, 0.2) is 0 Å². The van der Waals surface area contributed by atoms with Gasteiger partial charge in [0.05, 0.1) is 6.33 Å². The molecule has 0 aliphatic heterocycles. The Hall–Kier alpha value is -1.71. The third-order valence-corrected chi connectivity index (χ3v) is 1.26. The van der Waals surface area contributed by atoms with Crippen LogP contribution in [-0.4, -0.2) is 19.9 Å². The van der Waals surface area contributed by atoms with E-state index in [0.717, 1.165) is 5.69 Å². The van der Waals surface area contributed by atoms with Crippen LogP contribution in [0.4, 0.5) is 0 Å². The highest BCUT2D eigenvalue weighted by Gasteiger charge is 1.98. The molecule has 0 aromatic carbocycles. The fourth-order valence-corrected chi connectivity index (χ4v) is 0.782. The van der Waals surface area contributed by atoms with Crippen molar-refractivity contribution < 1.29 is 0 Å². The molecule has 2 heterocycles. The molecule has 0 saturated heterocycles. The van der Waals surface area contributed by atoms with Gasteiger partial charge in [0.2, 0.25) is 0 Å². The maximum absolute atomic E-state index is 4.02. The number of aromatic nitrogens is 4. The summed E-state index contributed by atoms with van der Waals surface area (Å²) in [7, 11) is 0. The highest BCUT2D eigenvalue weighted by Crippen LogP contribution is 2.08. The second-order valence-corrected chi connectivity index (χ2v) is 1.97. The summed E-state index contributed by atoms with van der Waals surface area (Å²) in [5, 5.41) is 0. The molecule has 4 heteroatoms. The maximum atomic E-state index is 4.02. The van der Waals surface area contributed by atoms with E-state index < -0.39 is 0 Å². The molecule has 2 aromatic heterocycles. The van der Waals surface area contributed by atoms with Gasteiger partial charge in [0, 0.05) is 18.6 Å². The van der Waals surface area contributed by atoms with Crippen LogP contribution in [0, 0.1) is 6.20 Å². The number of nitrogens with one attached hydrogen (secondary N) is 1. The zero-order valence-corrected chi connectivity index (χ0v) is 5.65. The van der Waals surface area contributed by atoms with Crippen molar-refractivity contribution in [3.05, 3.63) is 31.1 Å². The average Bonchev–Trinajstić information content (AvgIpc) is 2.58. The highest BCUT2D eigenvalue weighted by molar-refractivity contribution is 5.49. The first-order valence-corrected chi connectivity index (χ1v) is 3.14. The third kappa shape index (κ3) is 1.10. The summed E-state index contributed by atoms with van der Waals surface area (Å²) < 4.78 is 0. The molecule has 1 N–H and O–H groups in total. The van der Waals surface area contributed by atoms with Gasteiger partial charge < -0.3 is 4.98 Å². The average molecular weight is 145 g/mol. The Morgan fingerprint density at radius 3 is 2.91 bits per heavy atom. The molecule has 1 radical (unpaired) electrons. The summed E-state index contributed by atoms with van der Waals surface area (Å²) in [5.41, 5.74) is 1.42. The van der Waals surface area contributed by atoms with Crippen LogP contribution in [-0.2, 0) is 0 Å². The molecule has 0 atom stereocenters. The zero-order valence-electron chi connectivity index (χ0n) is 5.65. The molecule has 0 saturated carbocycles. The summed E-state index contributed by atoms with van der Waals surface area (Å²) in [6.07, 6.45) is 9.26. The van der Waals surface area contributed by atoms with Crippen molar-refractivity contribution in [2.75, 3.05) is 0 Å². The lowest BCUT2D eigenvalue weighted by atomic mass is 10.3. The molecule has 0 amide bonds.